The van der Waals surface area contributed by atoms with Crippen molar-refractivity contribution in [3.63, 3.8) is 0 Å². The van der Waals surface area contributed by atoms with E-state index in [0.717, 1.165) is 17.9 Å². The number of rotatable bonds is 6. The van der Waals surface area contributed by atoms with Gasteiger partial charge in [-0.1, -0.05) is 11.6 Å². The summed E-state index contributed by atoms with van der Waals surface area (Å²) in [5, 5.41) is 18.6. The zero-order valence-electron chi connectivity index (χ0n) is 18.4. The molecule has 3 rings (SSSR count). The molecular formula is C20H23ClF3N7O3. The van der Waals surface area contributed by atoms with Crippen molar-refractivity contribution in [2.45, 2.75) is 38.9 Å². The number of hydrogen-bond acceptors (Lipinski definition) is 7. The van der Waals surface area contributed by atoms with Crippen molar-refractivity contribution < 1.29 is 27.5 Å². The van der Waals surface area contributed by atoms with Crippen molar-refractivity contribution >= 4 is 36.0 Å². The van der Waals surface area contributed by atoms with Crippen LogP contribution in [0, 0.1) is 11.3 Å². The fraction of sp³-hybridized carbons (Fsp3) is 0.550. The molecule has 2 aliphatic rings. The SMILES string of the molecule is C=NN(/C(=C(\C)C#N)N(CC(=O)N1CCOCC1)C(=O)C(F)(F)F)c1nn2c(c1Cl)CCCC2. The van der Waals surface area contributed by atoms with Crippen LogP contribution in [0.4, 0.5) is 19.0 Å². The maximum absolute atomic E-state index is 13.6. The Hall–Kier alpha value is -3.11. The summed E-state index contributed by atoms with van der Waals surface area (Å²) >= 11 is 6.48. The lowest BCUT2D eigenvalue weighted by atomic mass is 10.1. The van der Waals surface area contributed by atoms with Gasteiger partial charge in [-0.25, -0.2) is 0 Å². The minimum Gasteiger partial charge on any atom is -0.378 e. The first-order chi connectivity index (χ1) is 16.1. The fourth-order valence-corrected chi connectivity index (χ4v) is 4.09. The number of aromatic nitrogens is 2. The summed E-state index contributed by atoms with van der Waals surface area (Å²) in [6.45, 7) is 4.90. The second-order valence-corrected chi connectivity index (χ2v) is 8.04. The first kappa shape index (κ1) is 25.5. The van der Waals surface area contributed by atoms with Gasteiger partial charge < -0.3 is 9.64 Å². The second kappa shape index (κ2) is 10.4. The lowest BCUT2D eigenvalue weighted by Crippen LogP contribution is -2.51. The highest BCUT2D eigenvalue weighted by molar-refractivity contribution is 6.33. The average Bonchev–Trinajstić information content (AvgIpc) is 3.16. The summed E-state index contributed by atoms with van der Waals surface area (Å²) in [6.07, 6.45) is -3.07. The number of allylic oxidation sites excluding steroid dienone is 1. The van der Waals surface area contributed by atoms with Gasteiger partial charge in [0.05, 0.1) is 30.6 Å². The van der Waals surface area contributed by atoms with Crippen LogP contribution in [0.1, 0.15) is 25.5 Å². The van der Waals surface area contributed by atoms with E-state index >= 15 is 0 Å². The van der Waals surface area contributed by atoms with Crippen molar-refractivity contribution in [3.05, 3.63) is 22.1 Å². The van der Waals surface area contributed by atoms with Gasteiger partial charge >= 0.3 is 12.1 Å². The molecule has 10 nitrogen and oxygen atoms in total. The normalized spacial score (nSPS) is 16.8. The molecule has 0 saturated carbocycles. The number of alkyl halides is 3. The highest BCUT2D eigenvalue weighted by Gasteiger charge is 2.46. The average molecular weight is 502 g/mol. The standard InChI is InChI=1S/C20H23ClF3N7O3/c1-13(11-25)18(31(26-2)17-16(21)14-5-3-4-6-30(14)27-17)29(19(33)20(22,23)24)12-15(32)28-7-9-34-10-8-28/h2-10,12H2,1H3/b18-13+. The van der Waals surface area contributed by atoms with Crippen LogP contribution in [-0.2, 0) is 27.3 Å². The first-order valence-electron chi connectivity index (χ1n) is 10.5. The molecule has 0 bridgehead atoms. The van der Waals surface area contributed by atoms with Crippen LogP contribution in [0.5, 0.6) is 0 Å². The van der Waals surface area contributed by atoms with Gasteiger partial charge in [0.1, 0.15) is 11.6 Å². The van der Waals surface area contributed by atoms with Crippen LogP contribution >= 0.6 is 11.6 Å². The van der Waals surface area contributed by atoms with Crippen LogP contribution in [0.25, 0.3) is 0 Å². The summed E-state index contributed by atoms with van der Waals surface area (Å²) in [6, 6.07) is 1.74. The molecule has 1 aromatic heterocycles. The summed E-state index contributed by atoms with van der Waals surface area (Å²) < 4.78 is 47.6. The zero-order chi connectivity index (χ0) is 25.0. The van der Waals surface area contributed by atoms with Gasteiger partial charge in [-0.05, 0) is 26.2 Å². The topological polar surface area (TPSA) is 107 Å². The number of ether oxygens (including phenoxy) is 1. The van der Waals surface area contributed by atoms with Gasteiger partial charge in [-0.2, -0.15) is 33.6 Å². The molecular weight excluding hydrogens is 479 g/mol. The molecule has 34 heavy (non-hydrogen) atoms. The highest BCUT2D eigenvalue weighted by atomic mass is 35.5. The minimum atomic E-state index is -5.34. The number of hydrogen-bond donors (Lipinski definition) is 0. The molecule has 0 unspecified atom stereocenters. The molecule has 0 N–H and O–H groups in total. The summed E-state index contributed by atoms with van der Waals surface area (Å²) in [5.41, 5.74) is 0.338. The number of carbonyl (C=O) groups excluding carboxylic acids is 2. The van der Waals surface area contributed by atoms with Crippen molar-refractivity contribution in [1.82, 2.24) is 19.6 Å². The molecule has 3 heterocycles. The molecule has 2 amide bonds. The van der Waals surface area contributed by atoms with E-state index in [2.05, 4.69) is 16.9 Å². The molecule has 0 spiro atoms. The Morgan fingerprint density at radius 1 is 1.29 bits per heavy atom. The van der Waals surface area contributed by atoms with Crippen LogP contribution in [0.15, 0.2) is 16.5 Å². The Labute approximate surface area is 198 Å². The molecule has 1 aromatic rings. The molecule has 184 valence electrons. The summed E-state index contributed by atoms with van der Waals surface area (Å²) in [5.74, 6) is -3.77. The minimum absolute atomic E-state index is 0.0861. The third-order valence-corrected chi connectivity index (χ3v) is 5.84. The number of hydrazone groups is 1. The summed E-state index contributed by atoms with van der Waals surface area (Å²) in [7, 11) is 0. The Balaban J connectivity index is 2.09. The third kappa shape index (κ3) is 5.18. The van der Waals surface area contributed by atoms with Gasteiger partial charge in [0, 0.05) is 26.4 Å². The van der Waals surface area contributed by atoms with Gasteiger partial charge in [0.2, 0.25) is 5.91 Å². The fourth-order valence-electron chi connectivity index (χ4n) is 3.78. The lowest BCUT2D eigenvalue weighted by molar-refractivity contribution is -0.184. The van der Waals surface area contributed by atoms with E-state index in [1.54, 1.807) is 10.8 Å². The molecule has 1 saturated heterocycles. The first-order valence-corrected chi connectivity index (χ1v) is 10.8. The molecule has 0 aromatic carbocycles. The largest absolute Gasteiger partial charge is 0.471 e. The molecule has 2 aliphatic heterocycles. The van der Waals surface area contributed by atoms with Crippen LogP contribution in [0.3, 0.4) is 0 Å². The van der Waals surface area contributed by atoms with Crippen LogP contribution < -0.4 is 5.01 Å². The number of nitrogens with zero attached hydrogens (tertiary/aromatic N) is 7. The molecule has 0 aliphatic carbocycles. The van der Waals surface area contributed by atoms with Crippen molar-refractivity contribution in [1.29, 1.82) is 5.26 Å². The Kier molecular flexibility index (Phi) is 7.83. The number of fused-ring (bicyclic) bond motifs is 1. The van der Waals surface area contributed by atoms with Crippen molar-refractivity contribution in [3.8, 4) is 6.07 Å². The predicted molar refractivity (Wildman–Crippen MR) is 116 cm³/mol. The number of anilines is 1. The summed E-state index contributed by atoms with van der Waals surface area (Å²) in [4.78, 5) is 26.8. The number of morpholine rings is 1. The lowest BCUT2D eigenvalue weighted by Gasteiger charge is -2.33. The maximum Gasteiger partial charge on any atom is 0.471 e. The van der Waals surface area contributed by atoms with Crippen LogP contribution in [0.2, 0.25) is 5.02 Å². The van der Waals surface area contributed by atoms with E-state index in [0.29, 0.717) is 18.7 Å². The quantitative estimate of drug-likeness (QED) is 0.336. The van der Waals surface area contributed by atoms with E-state index in [1.807, 2.05) is 0 Å². The van der Waals surface area contributed by atoms with Crippen molar-refractivity contribution in [2.75, 3.05) is 37.9 Å². The zero-order valence-corrected chi connectivity index (χ0v) is 19.2. The van der Waals surface area contributed by atoms with Gasteiger partial charge in [-0.15, -0.1) is 0 Å². The molecule has 0 radical (unpaired) electrons. The van der Waals surface area contributed by atoms with E-state index in [4.69, 9.17) is 16.3 Å². The maximum atomic E-state index is 13.6. The van der Waals surface area contributed by atoms with Gasteiger partial charge in [0.15, 0.2) is 11.6 Å². The van der Waals surface area contributed by atoms with Crippen LogP contribution in [-0.4, -0.2) is 77.1 Å². The van der Waals surface area contributed by atoms with E-state index in [-0.39, 0.29) is 47.6 Å². The Morgan fingerprint density at radius 3 is 2.53 bits per heavy atom. The number of aryl methyl sites for hydroxylation is 1. The number of carbonyl (C=O) groups is 2. The van der Waals surface area contributed by atoms with Gasteiger partial charge in [0.25, 0.3) is 0 Å². The van der Waals surface area contributed by atoms with Gasteiger partial charge in [-0.3, -0.25) is 19.2 Å². The van der Waals surface area contributed by atoms with E-state index in [1.165, 1.54) is 11.8 Å². The Morgan fingerprint density at radius 2 is 1.97 bits per heavy atom. The smallest absolute Gasteiger partial charge is 0.378 e. The van der Waals surface area contributed by atoms with E-state index in [9.17, 15) is 28.0 Å². The number of halogens is 4. The highest BCUT2D eigenvalue weighted by Crippen LogP contribution is 2.36. The molecule has 0 atom stereocenters. The Bertz CT molecular complexity index is 1040. The van der Waals surface area contributed by atoms with E-state index < -0.39 is 30.4 Å². The predicted octanol–water partition coefficient (Wildman–Crippen LogP) is 2.30. The third-order valence-electron chi connectivity index (χ3n) is 5.46. The molecule has 1 fully saturated rings. The monoisotopic (exact) mass is 501 g/mol. The number of nitriles is 1. The van der Waals surface area contributed by atoms with Crippen molar-refractivity contribution in [2.24, 2.45) is 5.10 Å². The second-order valence-electron chi connectivity index (χ2n) is 7.66. The molecule has 14 heteroatoms. The number of amides is 2.